The molecule has 2 atom stereocenters. The lowest BCUT2D eigenvalue weighted by Crippen LogP contribution is -2.51. The van der Waals surface area contributed by atoms with Gasteiger partial charge in [-0.05, 0) is 19.3 Å². The van der Waals surface area contributed by atoms with E-state index in [9.17, 15) is 14.4 Å². The summed E-state index contributed by atoms with van der Waals surface area (Å²) >= 11 is 0. The lowest BCUT2D eigenvalue weighted by atomic mass is 10.1. The van der Waals surface area contributed by atoms with Gasteiger partial charge in [-0.15, -0.1) is 0 Å². The number of carbonyl (C=O) groups excluding carboxylic acids is 3. The molecule has 0 rings (SSSR count). The summed E-state index contributed by atoms with van der Waals surface area (Å²) in [6.45, 7) is 6.45. The van der Waals surface area contributed by atoms with Crippen LogP contribution in [-0.4, -0.2) is 43.8 Å². The first-order valence-electron chi connectivity index (χ1n) is 11.3. The number of hydrogen-bond donors (Lipinski definition) is 2. The summed E-state index contributed by atoms with van der Waals surface area (Å²) in [5.41, 5.74) is 0. The van der Waals surface area contributed by atoms with Crippen molar-refractivity contribution in [3.63, 3.8) is 0 Å². The van der Waals surface area contributed by atoms with Gasteiger partial charge in [-0.3, -0.25) is 4.79 Å². The van der Waals surface area contributed by atoms with E-state index in [4.69, 9.17) is 4.74 Å². The van der Waals surface area contributed by atoms with Crippen LogP contribution in [0.5, 0.6) is 0 Å². The first-order chi connectivity index (χ1) is 14.0. The molecule has 0 bridgehead atoms. The van der Waals surface area contributed by atoms with Gasteiger partial charge < -0.3 is 20.1 Å². The van der Waals surface area contributed by atoms with Crippen molar-refractivity contribution in [2.24, 2.45) is 0 Å². The van der Waals surface area contributed by atoms with E-state index in [1.165, 1.54) is 39.2 Å². The van der Waals surface area contributed by atoms with Crippen LogP contribution in [0.25, 0.3) is 0 Å². The minimum absolute atomic E-state index is 0.378. The molecule has 0 radical (unpaired) electrons. The summed E-state index contributed by atoms with van der Waals surface area (Å²) in [5, 5.41) is 5.24. The lowest BCUT2D eigenvalue weighted by Gasteiger charge is -2.21. The van der Waals surface area contributed by atoms with Gasteiger partial charge in [0.25, 0.3) is 0 Å². The van der Waals surface area contributed by atoms with Crippen LogP contribution in [0.4, 0.5) is 4.79 Å². The van der Waals surface area contributed by atoms with Crippen LogP contribution in [0.1, 0.15) is 97.8 Å². The van der Waals surface area contributed by atoms with Gasteiger partial charge in [0.05, 0.1) is 13.7 Å². The van der Waals surface area contributed by atoms with E-state index in [1.54, 1.807) is 0 Å². The Labute approximate surface area is 176 Å². The van der Waals surface area contributed by atoms with Crippen molar-refractivity contribution in [1.29, 1.82) is 0 Å². The first-order valence-corrected chi connectivity index (χ1v) is 11.3. The molecular weight excluding hydrogens is 372 g/mol. The van der Waals surface area contributed by atoms with Crippen LogP contribution >= 0.6 is 0 Å². The zero-order valence-corrected chi connectivity index (χ0v) is 18.9. The van der Waals surface area contributed by atoms with E-state index in [0.29, 0.717) is 25.9 Å². The van der Waals surface area contributed by atoms with Gasteiger partial charge in [-0.2, -0.15) is 0 Å². The Morgan fingerprint density at radius 2 is 1.28 bits per heavy atom. The summed E-state index contributed by atoms with van der Waals surface area (Å²) in [4.78, 5) is 36.3. The monoisotopic (exact) mass is 414 g/mol. The molecule has 0 aliphatic carbocycles. The number of rotatable bonds is 17. The van der Waals surface area contributed by atoms with Gasteiger partial charge >= 0.3 is 12.1 Å². The third-order valence-electron chi connectivity index (χ3n) is 4.79. The zero-order chi connectivity index (χ0) is 21.9. The molecule has 0 aromatic carbocycles. The predicted molar refractivity (Wildman–Crippen MR) is 115 cm³/mol. The minimum atomic E-state index is -0.729. The second-order valence-corrected chi connectivity index (χ2v) is 7.47. The molecule has 2 N–H and O–H groups in total. The number of methoxy groups -OCH3 is 1. The molecule has 7 nitrogen and oxygen atoms in total. The molecule has 170 valence electrons. The number of ether oxygens (including phenoxy) is 2. The molecule has 0 spiro atoms. The molecule has 2 unspecified atom stereocenters. The van der Waals surface area contributed by atoms with Crippen LogP contribution in [0.15, 0.2) is 0 Å². The first kappa shape index (κ1) is 27.2. The van der Waals surface area contributed by atoms with Crippen molar-refractivity contribution in [1.82, 2.24) is 10.6 Å². The second kappa shape index (κ2) is 18.3. The van der Waals surface area contributed by atoms with Crippen LogP contribution < -0.4 is 10.6 Å². The van der Waals surface area contributed by atoms with Gasteiger partial charge in [-0.25, -0.2) is 9.59 Å². The highest BCUT2D eigenvalue weighted by molar-refractivity contribution is 5.89. The topological polar surface area (TPSA) is 93.7 Å². The van der Waals surface area contributed by atoms with Crippen LogP contribution in [0.2, 0.25) is 0 Å². The maximum absolute atomic E-state index is 12.5. The van der Waals surface area contributed by atoms with Gasteiger partial charge in [0.15, 0.2) is 0 Å². The fourth-order valence-electron chi connectivity index (χ4n) is 3.08. The number of hydrogen-bond acceptors (Lipinski definition) is 5. The Kier molecular flexibility index (Phi) is 17.1. The quantitative estimate of drug-likeness (QED) is 0.270. The Morgan fingerprint density at radius 3 is 1.83 bits per heavy atom. The molecule has 0 saturated carbocycles. The lowest BCUT2D eigenvalue weighted by molar-refractivity contribution is -0.148. The molecule has 29 heavy (non-hydrogen) atoms. The van der Waals surface area contributed by atoms with Crippen LogP contribution in [0, 0.1) is 0 Å². The Morgan fingerprint density at radius 1 is 0.724 bits per heavy atom. The SMILES string of the molecule is CCCCCCCCCCOC(=O)C(CCC)NC(=O)C(CCC)NC(=O)OC. The molecule has 0 aromatic rings. The van der Waals surface area contributed by atoms with Gasteiger partial charge in [0.2, 0.25) is 5.91 Å². The van der Waals surface area contributed by atoms with Crippen molar-refractivity contribution >= 4 is 18.0 Å². The molecule has 0 aliphatic rings. The number of nitrogens with one attached hydrogen (secondary N) is 2. The highest BCUT2D eigenvalue weighted by atomic mass is 16.5. The largest absolute Gasteiger partial charge is 0.464 e. The maximum atomic E-state index is 12.5. The summed E-state index contributed by atoms with van der Waals surface area (Å²) in [6, 6.07) is -1.42. The van der Waals surface area contributed by atoms with Crippen molar-refractivity contribution in [3.8, 4) is 0 Å². The van der Waals surface area contributed by atoms with Gasteiger partial charge in [0.1, 0.15) is 12.1 Å². The molecular formula is C22H42N2O5. The number of unbranched alkanes of at least 4 members (excludes halogenated alkanes) is 7. The summed E-state index contributed by atoms with van der Waals surface area (Å²) in [7, 11) is 1.25. The van der Waals surface area contributed by atoms with E-state index in [1.807, 2.05) is 13.8 Å². The molecule has 7 heteroatoms. The Bertz CT molecular complexity index is 456. The van der Waals surface area contributed by atoms with Gasteiger partial charge in [0, 0.05) is 0 Å². The maximum Gasteiger partial charge on any atom is 0.407 e. The van der Waals surface area contributed by atoms with Crippen molar-refractivity contribution < 1.29 is 23.9 Å². The third-order valence-corrected chi connectivity index (χ3v) is 4.79. The van der Waals surface area contributed by atoms with E-state index < -0.39 is 24.1 Å². The van der Waals surface area contributed by atoms with Crippen molar-refractivity contribution in [2.45, 2.75) is 110 Å². The fraction of sp³-hybridized carbons (Fsp3) is 0.864. The number of amides is 2. The smallest absolute Gasteiger partial charge is 0.407 e. The Hall–Kier alpha value is -1.79. The average Bonchev–Trinajstić information content (AvgIpc) is 2.71. The zero-order valence-electron chi connectivity index (χ0n) is 18.9. The summed E-state index contributed by atoms with van der Waals surface area (Å²) < 4.78 is 9.95. The Balaban J connectivity index is 4.32. The number of esters is 1. The number of carbonyl (C=O) groups is 3. The third kappa shape index (κ3) is 13.9. The van der Waals surface area contributed by atoms with Crippen molar-refractivity contribution in [2.75, 3.05) is 13.7 Å². The molecule has 0 aromatic heterocycles. The predicted octanol–water partition coefficient (Wildman–Crippen LogP) is 4.48. The molecule has 0 saturated heterocycles. The van der Waals surface area contributed by atoms with E-state index in [2.05, 4.69) is 22.3 Å². The highest BCUT2D eigenvalue weighted by Crippen LogP contribution is 2.09. The fourth-order valence-corrected chi connectivity index (χ4v) is 3.08. The summed E-state index contributed by atoms with van der Waals surface area (Å²) in [6.07, 6.45) is 11.2. The summed E-state index contributed by atoms with van der Waals surface area (Å²) in [5.74, 6) is -0.795. The van der Waals surface area contributed by atoms with E-state index in [-0.39, 0.29) is 5.91 Å². The second-order valence-electron chi connectivity index (χ2n) is 7.47. The van der Waals surface area contributed by atoms with E-state index in [0.717, 1.165) is 25.7 Å². The molecule has 0 heterocycles. The minimum Gasteiger partial charge on any atom is -0.464 e. The highest BCUT2D eigenvalue weighted by Gasteiger charge is 2.26. The van der Waals surface area contributed by atoms with Crippen LogP contribution in [0.3, 0.4) is 0 Å². The standard InChI is InChI=1S/C22H42N2O5/c1-5-8-9-10-11-12-13-14-17-29-21(26)19(16-7-3)23-20(25)18(15-6-2)24-22(27)28-4/h18-19H,5-17H2,1-4H3,(H,23,25)(H,24,27). The molecule has 2 amide bonds. The average molecular weight is 415 g/mol. The van der Waals surface area contributed by atoms with E-state index >= 15 is 0 Å². The van der Waals surface area contributed by atoms with Crippen molar-refractivity contribution in [3.05, 3.63) is 0 Å². The van der Waals surface area contributed by atoms with Gasteiger partial charge in [-0.1, -0.05) is 78.6 Å². The normalized spacial score (nSPS) is 12.7. The van der Waals surface area contributed by atoms with Crippen LogP contribution in [-0.2, 0) is 19.1 Å². The molecule has 0 aliphatic heterocycles. The molecule has 0 fully saturated rings. The number of alkyl carbamates (subject to hydrolysis) is 1.